The summed E-state index contributed by atoms with van der Waals surface area (Å²) >= 11 is 1.45. The minimum Gasteiger partial charge on any atom is -0.324 e. The van der Waals surface area contributed by atoms with E-state index < -0.39 is 16.6 Å². The van der Waals surface area contributed by atoms with Gasteiger partial charge in [-0.1, -0.05) is 18.2 Å². The monoisotopic (exact) mass is 449 g/mol. The van der Waals surface area contributed by atoms with Gasteiger partial charge in [0.2, 0.25) is 5.91 Å². The summed E-state index contributed by atoms with van der Waals surface area (Å²) in [5.41, 5.74) is 1.22. The lowest BCUT2D eigenvalue weighted by atomic mass is 10.0. The van der Waals surface area contributed by atoms with Gasteiger partial charge in [0.25, 0.3) is 0 Å². The number of rotatable bonds is 2. The maximum Gasteiger partial charge on any atom is 0.416 e. The van der Waals surface area contributed by atoms with Crippen molar-refractivity contribution in [3.63, 3.8) is 0 Å². The normalized spacial score (nSPS) is 18.5. The minimum absolute atomic E-state index is 0.206. The molecule has 0 saturated carbocycles. The van der Waals surface area contributed by atoms with E-state index in [0.29, 0.717) is 31.6 Å². The van der Waals surface area contributed by atoms with Crippen molar-refractivity contribution in [1.29, 1.82) is 0 Å². The van der Waals surface area contributed by atoms with E-state index in [1.165, 1.54) is 28.8 Å². The van der Waals surface area contributed by atoms with Crippen LogP contribution in [-0.4, -0.2) is 40.6 Å². The van der Waals surface area contributed by atoms with E-state index in [0.717, 1.165) is 17.7 Å². The highest BCUT2D eigenvalue weighted by atomic mass is 32.2. The number of nitrogens with zero attached hydrogens (tertiary/aromatic N) is 2. The Bertz CT molecular complexity index is 1000. The second-order valence-corrected chi connectivity index (χ2v) is 9.14. The van der Waals surface area contributed by atoms with E-state index >= 15 is 0 Å². The SMILES string of the molecule is Cc1cccc(NC(=O)N2CCC3(CC2)SCC(=O)N3c2cccc(C(F)(F)F)c2)c1. The first-order valence-corrected chi connectivity index (χ1v) is 10.9. The van der Waals surface area contributed by atoms with E-state index in [9.17, 15) is 22.8 Å². The Morgan fingerprint density at radius 2 is 1.81 bits per heavy atom. The molecule has 2 saturated heterocycles. The number of anilines is 2. The molecule has 31 heavy (non-hydrogen) atoms. The predicted octanol–water partition coefficient (Wildman–Crippen LogP) is 5.12. The molecule has 164 valence electrons. The van der Waals surface area contributed by atoms with Crippen molar-refractivity contribution in [2.24, 2.45) is 0 Å². The van der Waals surface area contributed by atoms with Gasteiger partial charge in [0.15, 0.2) is 0 Å². The fourth-order valence-electron chi connectivity index (χ4n) is 4.11. The highest BCUT2D eigenvalue weighted by Gasteiger charge is 2.49. The first-order chi connectivity index (χ1) is 14.7. The average molecular weight is 449 g/mol. The molecule has 0 aromatic heterocycles. The van der Waals surface area contributed by atoms with Crippen LogP contribution in [0.2, 0.25) is 0 Å². The summed E-state index contributed by atoms with van der Waals surface area (Å²) in [6.07, 6.45) is -3.50. The molecule has 9 heteroatoms. The van der Waals surface area contributed by atoms with Crippen LogP contribution in [0.25, 0.3) is 0 Å². The Kier molecular flexibility index (Phi) is 5.63. The summed E-state index contributed by atoms with van der Waals surface area (Å²) in [4.78, 5) is 27.8. The molecule has 0 unspecified atom stereocenters. The number of likely N-dealkylation sites (tertiary alicyclic amines) is 1. The smallest absolute Gasteiger partial charge is 0.324 e. The number of amides is 3. The van der Waals surface area contributed by atoms with Crippen molar-refractivity contribution in [2.75, 3.05) is 29.1 Å². The van der Waals surface area contributed by atoms with Gasteiger partial charge in [-0.2, -0.15) is 13.2 Å². The van der Waals surface area contributed by atoms with Gasteiger partial charge in [0.05, 0.1) is 16.2 Å². The molecule has 0 bridgehead atoms. The van der Waals surface area contributed by atoms with Crippen molar-refractivity contribution in [3.8, 4) is 0 Å². The van der Waals surface area contributed by atoms with E-state index in [4.69, 9.17) is 0 Å². The topological polar surface area (TPSA) is 52.7 Å². The molecule has 0 aliphatic carbocycles. The molecule has 2 heterocycles. The van der Waals surface area contributed by atoms with Gasteiger partial charge < -0.3 is 10.2 Å². The first kappa shape index (κ1) is 21.5. The number of hydrogen-bond acceptors (Lipinski definition) is 3. The fraction of sp³-hybridized carbons (Fsp3) is 0.364. The zero-order valence-electron chi connectivity index (χ0n) is 16.9. The van der Waals surface area contributed by atoms with Crippen molar-refractivity contribution in [1.82, 2.24) is 4.90 Å². The van der Waals surface area contributed by atoms with Gasteiger partial charge in [-0.25, -0.2) is 4.79 Å². The van der Waals surface area contributed by atoms with Crippen molar-refractivity contribution in [2.45, 2.75) is 30.8 Å². The molecule has 5 nitrogen and oxygen atoms in total. The van der Waals surface area contributed by atoms with Crippen molar-refractivity contribution < 1.29 is 22.8 Å². The standard InChI is InChI=1S/C22H22F3N3O2S/c1-15-4-2-6-17(12-15)26-20(30)27-10-8-21(9-11-27)28(19(29)14-31-21)18-7-3-5-16(13-18)22(23,24)25/h2-7,12-13H,8-11,14H2,1H3,(H,26,30). The third-order valence-electron chi connectivity index (χ3n) is 5.65. The van der Waals surface area contributed by atoms with Gasteiger partial charge in [-0.05, 0) is 55.7 Å². The Balaban J connectivity index is 1.49. The highest BCUT2D eigenvalue weighted by molar-refractivity contribution is 8.02. The van der Waals surface area contributed by atoms with Crippen LogP contribution in [0.4, 0.5) is 29.3 Å². The number of halogens is 3. The molecular formula is C22H22F3N3O2S. The number of nitrogens with one attached hydrogen (secondary N) is 1. The molecular weight excluding hydrogens is 427 g/mol. The summed E-state index contributed by atoms with van der Waals surface area (Å²) < 4.78 is 39.5. The third-order valence-corrected chi connectivity index (χ3v) is 7.17. The molecule has 2 aliphatic heterocycles. The van der Waals surface area contributed by atoms with Gasteiger partial charge in [0, 0.05) is 24.5 Å². The number of aryl methyl sites for hydroxylation is 1. The molecule has 3 amide bonds. The van der Waals surface area contributed by atoms with Crippen LogP contribution < -0.4 is 10.2 Å². The van der Waals surface area contributed by atoms with Gasteiger partial charge in [0.1, 0.15) is 0 Å². The molecule has 2 aliphatic rings. The molecule has 4 rings (SSSR count). The van der Waals surface area contributed by atoms with Crippen LogP contribution in [0.5, 0.6) is 0 Å². The lowest BCUT2D eigenvalue weighted by Gasteiger charge is -2.44. The van der Waals surface area contributed by atoms with E-state index in [2.05, 4.69) is 5.32 Å². The summed E-state index contributed by atoms with van der Waals surface area (Å²) in [6, 6.07) is 12.2. The number of thioether (sulfide) groups is 1. The summed E-state index contributed by atoms with van der Waals surface area (Å²) in [5.74, 6) is 0.00753. The lowest BCUT2D eigenvalue weighted by molar-refractivity contribution is -0.137. The third kappa shape index (κ3) is 4.37. The largest absolute Gasteiger partial charge is 0.416 e. The van der Waals surface area contributed by atoms with Gasteiger partial charge in [-0.15, -0.1) is 11.8 Å². The zero-order chi connectivity index (χ0) is 22.2. The second kappa shape index (κ2) is 8.11. The van der Waals surface area contributed by atoms with Crippen LogP contribution in [-0.2, 0) is 11.0 Å². The number of urea groups is 1. The number of carbonyl (C=O) groups is 2. The van der Waals surface area contributed by atoms with Crippen LogP contribution in [0, 0.1) is 6.92 Å². The summed E-state index contributed by atoms with van der Waals surface area (Å²) in [5, 5.41) is 2.88. The average Bonchev–Trinajstić information content (AvgIpc) is 3.03. The number of carbonyl (C=O) groups excluding carboxylic acids is 2. The van der Waals surface area contributed by atoms with Crippen molar-refractivity contribution in [3.05, 3.63) is 59.7 Å². The first-order valence-electron chi connectivity index (χ1n) is 9.95. The van der Waals surface area contributed by atoms with Gasteiger partial charge in [-0.3, -0.25) is 9.69 Å². The summed E-state index contributed by atoms with van der Waals surface area (Å²) in [7, 11) is 0. The molecule has 2 fully saturated rings. The van der Waals surface area contributed by atoms with Crippen molar-refractivity contribution >= 4 is 35.1 Å². The van der Waals surface area contributed by atoms with Gasteiger partial charge >= 0.3 is 12.2 Å². The maximum absolute atomic E-state index is 13.2. The Hall–Kier alpha value is -2.68. The van der Waals surface area contributed by atoms with Crippen LogP contribution >= 0.6 is 11.8 Å². The number of hydrogen-bond donors (Lipinski definition) is 1. The highest BCUT2D eigenvalue weighted by Crippen LogP contribution is 2.47. The number of benzene rings is 2. The molecule has 0 radical (unpaired) electrons. The second-order valence-electron chi connectivity index (χ2n) is 7.80. The molecule has 0 atom stereocenters. The molecule has 2 aromatic carbocycles. The number of alkyl halides is 3. The number of piperidine rings is 1. The molecule has 1 spiro atoms. The lowest BCUT2D eigenvalue weighted by Crippen LogP contribution is -2.53. The Labute approximate surface area is 182 Å². The van der Waals surface area contributed by atoms with E-state index in [1.807, 2.05) is 31.2 Å². The minimum atomic E-state index is -4.48. The van der Waals surface area contributed by atoms with E-state index in [1.54, 1.807) is 4.90 Å². The molecule has 1 N–H and O–H groups in total. The van der Waals surface area contributed by atoms with E-state index in [-0.39, 0.29) is 23.4 Å². The fourth-order valence-corrected chi connectivity index (χ4v) is 5.43. The van der Waals surface area contributed by atoms with Crippen LogP contribution in [0.15, 0.2) is 48.5 Å². The van der Waals surface area contributed by atoms with Crippen LogP contribution in [0.1, 0.15) is 24.0 Å². The predicted molar refractivity (Wildman–Crippen MR) is 115 cm³/mol. The Morgan fingerprint density at radius 1 is 1.10 bits per heavy atom. The maximum atomic E-state index is 13.2. The van der Waals surface area contributed by atoms with Crippen LogP contribution in [0.3, 0.4) is 0 Å². The summed E-state index contributed by atoms with van der Waals surface area (Å²) in [6.45, 7) is 2.76. The Morgan fingerprint density at radius 3 is 2.48 bits per heavy atom. The quantitative estimate of drug-likeness (QED) is 0.693. The zero-order valence-corrected chi connectivity index (χ0v) is 17.7. The molecule has 2 aromatic rings.